The van der Waals surface area contributed by atoms with Gasteiger partial charge in [-0.25, -0.2) is 0 Å². The Bertz CT molecular complexity index is 788. The van der Waals surface area contributed by atoms with E-state index in [9.17, 15) is 0 Å². The molecular formula is C31H55PSiSn. The molecule has 0 amide bonds. The van der Waals surface area contributed by atoms with Crippen LogP contribution in [0.15, 0.2) is 33.9 Å². The minimum atomic E-state index is -2.28. The topological polar surface area (TPSA) is 0 Å². The van der Waals surface area contributed by atoms with E-state index in [0.29, 0.717) is 5.92 Å². The normalized spacial score (nSPS) is 17.3. The van der Waals surface area contributed by atoms with Gasteiger partial charge in [0, 0.05) is 0 Å². The standard InChI is InChI=1S/C19H28PSi.3C4H9.Sn/c1-15-13-16(2)19(17(3)14-15)20(21(4,5)6)12-11-18-9-7-8-10-18;3*1-3-4-2;/h7,9-10,13-14,18H,11-12H2,1-6H3;3*1,3-4H2,2H3;. The summed E-state index contributed by atoms with van der Waals surface area (Å²) in [7, 11) is -1.30. The molecule has 0 heterocycles. The fraction of sp³-hybridized carbons (Fsp3) is 0.677. The summed E-state index contributed by atoms with van der Waals surface area (Å²) in [6.07, 6.45) is 19.4. The fourth-order valence-electron chi connectivity index (χ4n) is 6.11. The van der Waals surface area contributed by atoms with Crippen molar-refractivity contribution in [3.8, 4) is 0 Å². The zero-order chi connectivity index (χ0) is 25.4. The Morgan fingerprint density at radius 1 is 0.824 bits per heavy atom. The van der Waals surface area contributed by atoms with E-state index in [1.54, 1.807) is 29.7 Å². The number of aryl methyl sites for hydroxylation is 3. The number of allylic oxidation sites excluding steroid dienone is 4. The molecule has 0 spiro atoms. The molecule has 34 heavy (non-hydrogen) atoms. The summed E-state index contributed by atoms with van der Waals surface area (Å²) >= 11 is -2.28. The molecule has 0 N–H and O–H groups in total. The fourth-order valence-corrected chi connectivity index (χ4v) is 31.0. The van der Waals surface area contributed by atoms with Crippen molar-refractivity contribution in [2.75, 3.05) is 6.16 Å². The molecule has 0 saturated heterocycles. The van der Waals surface area contributed by atoms with Gasteiger partial charge in [-0.3, -0.25) is 0 Å². The van der Waals surface area contributed by atoms with Crippen LogP contribution >= 0.6 is 7.47 Å². The average molecular weight is 606 g/mol. The minimum absolute atomic E-state index is 0.0446. The van der Waals surface area contributed by atoms with Crippen LogP contribution < -0.4 is 5.30 Å². The van der Waals surface area contributed by atoms with Crippen molar-refractivity contribution in [2.45, 2.75) is 119 Å². The number of unbranched alkanes of at least 4 members (excludes halogenated alkanes) is 3. The third-order valence-electron chi connectivity index (χ3n) is 7.96. The molecule has 2 unspecified atom stereocenters. The van der Waals surface area contributed by atoms with Crippen molar-refractivity contribution < 1.29 is 0 Å². The third kappa shape index (κ3) is 8.34. The summed E-state index contributed by atoms with van der Waals surface area (Å²) in [5.74, 6) is 0.698. The molecular weight excluding hydrogens is 550 g/mol. The van der Waals surface area contributed by atoms with Gasteiger partial charge >= 0.3 is 221 Å². The average Bonchev–Trinajstić information content (AvgIpc) is 3.24. The molecule has 0 aliphatic heterocycles. The first-order chi connectivity index (χ1) is 16.1. The van der Waals surface area contributed by atoms with Gasteiger partial charge in [-0.1, -0.05) is 0 Å². The van der Waals surface area contributed by atoms with Crippen LogP contribution in [0, 0.1) is 26.7 Å². The molecule has 3 heteroatoms. The Kier molecular flexibility index (Phi) is 12.7. The van der Waals surface area contributed by atoms with Gasteiger partial charge in [-0.2, -0.15) is 0 Å². The molecule has 2 rings (SSSR count). The van der Waals surface area contributed by atoms with E-state index >= 15 is 0 Å². The van der Waals surface area contributed by atoms with Crippen LogP contribution in [0.4, 0.5) is 0 Å². The van der Waals surface area contributed by atoms with Gasteiger partial charge in [-0.15, -0.1) is 0 Å². The van der Waals surface area contributed by atoms with Gasteiger partial charge in [-0.05, 0) is 0 Å². The second-order valence-electron chi connectivity index (χ2n) is 12.1. The Hall–Kier alpha value is 0.146. The van der Waals surface area contributed by atoms with Crippen molar-refractivity contribution >= 4 is 38.9 Å². The van der Waals surface area contributed by atoms with Gasteiger partial charge in [0.15, 0.2) is 0 Å². The molecule has 1 aliphatic rings. The number of hydrogen-bond acceptors (Lipinski definition) is 0. The predicted octanol–water partition coefficient (Wildman–Crippen LogP) is 10.4. The monoisotopic (exact) mass is 606 g/mol. The Morgan fingerprint density at radius 3 is 1.76 bits per heavy atom. The van der Waals surface area contributed by atoms with Gasteiger partial charge in [0.05, 0.1) is 0 Å². The van der Waals surface area contributed by atoms with E-state index < -0.39 is 26.1 Å². The van der Waals surface area contributed by atoms with Crippen molar-refractivity contribution in [1.82, 2.24) is 0 Å². The molecule has 192 valence electrons. The Balaban J connectivity index is 2.26. The molecule has 1 aromatic carbocycles. The molecule has 0 saturated carbocycles. The van der Waals surface area contributed by atoms with E-state index in [2.05, 4.69) is 91.5 Å². The van der Waals surface area contributed by atoms with E-state index in [-0.39, 0.29) is 7.47 Å². The molecule has 1 aliphatic carbocycles. The molecule has 0 nitrogen and oxygen atoms in total. The van der Waals surface area contributed by atoms with Gasteiger partial charge in [0.1, 0.15) is 0 Å². The quantitative estimate of drug-likeness (QED) is 0.138. The molecule has 0 radical (unpaired) electrons. The van der Waals surface area contributed by atoms with E-state index in [4.69, 9.17) is 0 Å². The summed E-state index contributed by atoms with van der Waals surface area (Å²) in [6, 6.07) is 4.87. The van der Waals surface area contributed by atoms with Crippen molar-refractivity contribution in [2.24, 2.45) is 5.92 Å². The third-order valence-corrected chi connectivity index (χ3v) is 33.4. The second kappa shape index (κ2) is 14.2. The van der Waals surface area contributed by atoms with Crippen molar-refractivity contribution in [3.63, 3.8) is 0 Å². The van der Waals surface area contributed by atoms with Crippen LogP contribution in [0.5, 0.6) is 0 Å². The summed E-state index contributed by atoms with van der Waals surface area (Å²) in [6.45, 7) is 22.0. The molecule has 0 aromatic heterocycles. The SMILES string of the molecule is CCC[CH2][Sn]([CH2]CCC)([CH2]CCC)[C]1=CC(CCP(c2c(C)cc(C)cc2C)[Si](C)(C)C)C=C1. The van der Waals surface area contributed by atoms with Crippen LogP contribution in [0.1, 0.15) is 82.4 Å². The van der Waals surface area contributed by atoms with E-state index in [1.165, 1.54) is 56.7 Å². The summed E-state index contributed by atoms with van der Waals surface area (Å²) in [5, 5.41) is 1.74. The van der Waals surface area contributed by atoms with Crippen molar-refractivity contribution in [1.29, 1.82) is 0 Å². The zero-order valence-corrected chi connectivity index (χ0v) is 28.9. The van der Waals surface area contributed by atoms with Gasteiger partial charge in [0.2, 0.25) is 0 Å². The molecule has 0 bridgehead atoms. The second-order valence-corrected chi connectivity index (χ2v) is 37.1. The predicted molar refractivity (Wildman–Crippen MR) is 166 cm³/mol. The number of hydrogen-bond donors (Lipinski definition) is 0. The van der Waals surface area contributed by atoms with Crippen LogP contribution in [-0.4, -0.2) is 32.3 Å². The first kappa shape index (κ1) is 30.4. The Morgan fingerprint density at radius 2 is 1.32 bits per heavy atom. The molecule has 2 atom stereocenters. The zero-order valence-electron chi connectivity index (χ0n) is 24.2. The Labute approximate surface area is 220 Å². The summed E-state index contributed by atoms with van der Waals surface area (Å²) in [5.41, 5.74) is 4.53. The van der Waals surface area contributed by atoms with Crippen LogP contribution in [0.25, 0.3) is 0 Å². The van der Waals surface area contributed by atoms with Crippen LogP contribution in [-0.2, 0) is 0 Å². The van der Waals surface area contributed by atoms with Crippen LogP contribution in [0.3, 0.4) is 0 Å². The molecule has 1 aromatic rings. The maximum absolute atomic E-state index is 2.81. The first-order valence-corrected chi connectivity index (χ1v) is 27.7. The van der Waals surface area contributed by atoms with E-state index in [1.807, 2.05) is 3.59 Å². The summed E-state index contributed by atoms with van der Waals surface area (Å²) < 4.78 is 6.70. The van der Waals surface area contributed by atoms with Gasteiger partial charge < -0.3 is 0 Å². The van der Waals surface area contributed by atoms with E-state index in [0.717, 1.165) is 0 Å². The number of rotatable bonds is 15. The number of benzene rings is 1. The first-order valence-electron chi connectivity index (χ1n) is 14.3. The van der Waals surface area contributed by atoms with Gasteiger partial charge in [0.25, 0.3) is 0 Å². The maximum atomic E-state index is 2.81. The van der Waals surface area contributed by atoms with Crippen LogP contribution in [0.2, 0.25) is 33.0 Å². The van der Waals surface area contributed by atoms with Crippen molar-refractivity contribution in [3.05, 3.63) is 50.6 Å². The summed E-state index contributed by atoms with van der Waals surface area (Å²) in [4.78, 5) is 0. The molecule has 0 fully saturated rings.